The average Bonchev–Trinajstić information content (AvgIpc) is 2.28. The standard InChI is InChI=1S/C11H12BrFO4/c1-15-7-17-10-3-2-9(13)4-8(10)5-11(14)16-6-12/h2-4H,5-7H2,1H3. The first kappa shape index (κ1) is 13.9. The van der Waals surface area contributed by atoms with Gasteiger partial charge in [-0.3, -0.25) is 4.79 Å². The molecular weight excluding hydrogens is 295 g/mol. The van der Waals surface area contributed by atoms with Crippen LogP contribution in [0.25, 0.3) is 0 Å². The molecule has 1 rings (SSSR count). The molecule has 0 saturated carbocycles. The number of rotatable bonds is 6. The number of ether oxygens (including phenoxy) is 3. The number of halogens is 2. The molecule has 1 aromatic carbocycles. The molecule has 0 heterocycles. The summed E-state index contributed by atoms with van der Waals surface area (Å²) in [6, 6.07) is 3.94. The highest BCUT2D eigenvalue weighted by Crippen LogP contribution is 2.20. The van der Waals surface area contributed by atoms with Gasteiger partial charge in [-0.2, -0.15) is 0 Å². The van der Waals surface area contributed by atoms with Crippen LogP contribution in [0.3, 0.4) is 0 Å². The first-order valence-electron chi connectivity index (χ1n) is 4.79. The van der Waals surface area contributed by atoms with E-state index in [1.54, 1.807) is 0 Å². The van der Waals surface area contributed by atoms with Crippen LogP contribution < -0.4 is 4.74 Å². The molecule has 0 aliphatic carbocycles. The molecule has 17 heavy (non-hydrogen) atoms. The van der Waals surface area contributed by atoms with Crippen molar-refractivity contribution >= 4 is 21.9 Å². The Kier molecular flexibility index (Phi) is 5.93. The van der Waals surface area contributed by atoms with Gasteiger partial charge in [-0.15, -0.1) is 0 Å². The zero-order chi connectivity index (χ0) is 12.7. The molecule has 0 spiro atoms. The summed E-state index contributed by atoms with van der Waals surface area (Å²) >= 11 is 2.97. The Labute approximate surface area is 107 Å². The first-order valence-corrected chi connectivity index (χ1v) is 5.91. The zero-order valence-electron chi connectivity index (χ0n) is 9.24. The third kappa shape index (κ3) is 4.70. The van der Waals surface area contributed by atoms with Gasteiger partial charge in [-0.25, -0.2) is 4.39 Å². The molecule has 94 valence electrons. The zero-order valence-corrected chi connectivity index (χ0v) is 10.8. The van der Waals surface area contributed by atoms with E-state index in [0.29, 0.717) is 11.3 Å². The van der Waals surface area contributed by atoms with E-state index >= 15 is 0 Å². The van der Waals surface area contributed by atoms with Crippen LogP contribution in [0.15, 0.2) is 18.2 Å². The molecule has 0 aliphatic heterocycles. The number of carbonyl (C=O) groups is 1. The Hall–Kier alpha value is -1.14. The summed E-state index contributed by atoms with van der Waals surface area (Å²) < 4.78 is 27.7. The summed E-state index contributed by atoms with van der Waals surface area (Å²) in [6.07, 6.45) is -0.0532. The van der Waals surface area contributed by atoms with Crippen LogP contribution in [0.5, 0.6) is 5.75 Å². The second kappa shape index (κ2) is 7.24. The SMILES string of the molecule is COCOc1ccc(F)cc1CC(=O)OCBr. The number of benzene rings is 1. The summed E-state index contributed by atoms with van der Waals surface area (Å²) in [5.74, 6) is -0.495. The lowest BCUT2D eigenvalue weighted by Gasteiger charge is -2.10. The summed E-state index contributed by atoms with van der Waals surface area (Å²) in [6.45, 7) is 0.0339. The maximum Gasteiger partial charge on any atom is 0.311 e. The molecule has 0 N–H and O–H groups in total. The molecule has 6 heteroatoms. The Morgan fingerprint density at radius 2 is 2.24 bits per heavy atom. The molecule has 0 atom stereocenters. The maximum atomic E-state index is 13.1. The molecule has 0 saturated heterocycles. The molecule has 0 radical (unpaired) electrons. The monoisotopic (exact) mass is 306 g/mol. The van der Waals surface area contributed by atoms with Gasteiger partial charge in [0.2, 0.25) is 0 Å². The number of hydrogen-bond acceptors (Lipinski definition) is 4. The highest BCUT2D eigenvalue weighted by molar-refractivity contribution is 9.09. The van der Waals surface area contributed by atoms with Gasteiger partial charge in [0.05, 0.1) is 6.42 Å². The van der Waals surface area contributed by atoms with Crippen molar-refractivity contribution in [3.8, 4) is 5.75 Å². The van der Waals surface area contributed by atoms with Gasteiger partial charge in [-0.1, -0.05) is 0 Å². The fourth-order valence-electron chi connectivity index (χ4n) is 1.22. The molecular formula is C11H12BrFO4. The molecule has 0 fully saturated rings. The smallest absolute Gasteiger partial charge is 0.311 e. The van der Waals surface area contributed by atoms with Crippen LogP contribution >= 0.6 is 15.9 Å². The average molecular weight is 307 g/mol. The second-order valence-electron chi connectivity index (χ2n) is 3.11. The van der Waals surface area contributed by atoms with Crippen molar-refractivity contribution in [2.45, 2.75) is 6.42 Å². The van der Waals surface area contributed by atoms with Crippen molar-refractivity contribution in [2.75, 3.05) is 19.4 Å². The van der Waals surface area contributed by atoms with Gasteiger partial charge in [0.1, 0.15) is 17.1 Å². The van der Waals surface area contributed by atoms with E-state index in [9.17, 15) is 9.18 Å². The topological polar surface area (TPSA) is 44.8 Å². The summed E-state index contributed by atoms with van der Waals surface area (Å²) in [7, 11) is 1.47. The van der Waals surface area contributed by atoms with E-state index in [2.05, 4.69) is 15.9 Å². The van der Waals surface area contributed by atoms with E-state index < -0.39 is 11.8 Å². The Morgan fingerprint density at radius 1 is 1.47 bits per heavy atom. The number of hydrogen-bond donors (Lipinski definition) is 0. The lowest BCUT2D eigenvalue weighted by molar-refractivity contribution is -0.140. The Bertz CT molecular complexity index is 384. The highest BCUT2D eigenvalue weighted by atomic mass is 79.9. The van der Waals surface area contributed by atoms with Crippen molar-refractivity contribution in [1.29, 1.82) is 0 Å². The third-order valence-corrected chi connectivity index (χ3v) is 2.13. The molecule has 1 aromatic rings. The van der Waals surface area contributed by atoms with Gasteiger partial charge in [0, 0.05) is 12.7 Å². The van der Waals surface area contributed by atoms with Crippen molar-refractivity contribution in [1.82, 2.24) is 0 Å². The molecule has 4 nitrogen and oxygen atoms in total. The lowest BCUT2D eigenvalue weighted by Crippen LogP contribution is -2.09. The minimum Gasteiger partial charge on any atom is -0.467 e. The van der Waals surface area contributed by atoms with Crippen LogP contribution in [0.1, 0.15) is 5.56 Å². The van der Waals surface area contributed by atoms with Gasteiger partial charge >= 0.3 is 5.97 Å². The van der Waals surface area contributed by atoms with Crippen molar-refractivity contribution in [3.05, 3.63) is 29.6 Å². The minimum absolute atomic E-state index is 0.0339. The second-order valence-corrected chi connectivity index (χ2v) is 3.56. The van der Waals surface area contributed by atoms with Crippen LogP contribution in [0.2, 0.25) is 0 Å². The predicted molar refractivity (Wildman–Crippen MR) is 62.5 cm³/mol. The van der Waals surface area contributed by atoms with Crippen LogP contribution in [0, 0.1) is 5.82 Å². The molecule has 0 amide bonds. The minimum atomic E-state index is -0.463. The Morgan fingerprint density at radius 3 is 2.88 bits per heavy atom. The van der Waals surface area contributed by atoms with Gasteiger partial charge in [0.25, 0.3) is 0 Å². The fraction of sp³-hybridized carbons (Fsp3) is 0.364. The third-order valence-electron chi connectivity index (χ3n) is 1.91. The molecule has 0 aromatic heterocycles. The fourth-order valence-corrected chi connectivity index (χ4v) is 1.47. The molecule has 0 aliphatic rings. The highest BCUT2D eigenvalue weighted by Gasteiger charge is 2.11. The number of alkyl halides is 1. The van der Waals surface area contributed by atoms with Gasteiger partial charge in [0.15, 0.2) is 6.79 Å². The first-order chi connectivity index (χ1) is 8.17. The number of methoxy groups -OCH3 is 1. The van der Waals surface area contributed by atoms with E-state index in [4.69, 9.17) is 14.2 Å². The van der Waals surface area contributed by atoms with Crippen LogP contribution in [-0.2, 0) is 20.7 Å². The summed E-state index contributed by atoms with van der Waals surface area (Å²) in [4.78, 5) is 11.3. The maximum absolute atomic E-state index is 13.1. The van der Waals surface area contributed by atoms with Crippen LogP contribution in [-0.4, -0.2) is 25.4 Å². The predicted octanol–water partition coefficient (Wildman–Crippen LogP) is 2.25. The quantitative estimate of drug-likeness (QED) is 0.459. The van der Waals surface area contributed by atoms with E-state index in [1.807, 2.05) is 0 Å². The summed E-state index contributed by atoms with van der Waals surface area (Å²) in [5.41, 5.74) is 0.531. The van der Waals surface area contributed by atoms with Gasteiger partial charge < -0.3 is 14.2 Å². The van der Waals surface area contributed by atoms with E-state index in [-0.39, 0.29) is 18.7 Å². The Balaban J connectivity index is 2.79. The van der Waals surface area contributed by atoms with Gasteiger partial charge in [-0.05, 0) is 34.1 Å². The largest absolute Gasteiger partial charge is 0.467 e. The van der Waals surface area contributed by atoms with E-state index in [0.717, 1.165) is 0 Å². The molecule has 0 bridgehead atoms. The van der Waals surface area contributed by atoms with Crippen LogP contribution in [0.4, 0.5) is 4.39 Å². The van der Waals surface area contributed by atoms with Crippen molar-refractivity contribution in [3.63, 3.8) is 0 Å². The van der Waals surface area contributed by atoms with E-state index in [1.165, 1.54) is 25.3 Å². The number of carbonyl (C=O) groups excluding carboxylic acids is 1. The van der Waals surface area contributed by atoms with Crippen molar-refractivity contribution < 1.29 is 23.4 Å². The molecule has 0 unspecified atom stereocenters. The summed E-state index contributed by atoms with van der Waals surface area (Å²) in [5, 5.41) is 0. The normalized spacial score (nSPS) is 10.1. The van der Waals surface area contributed by atoms with Crippen molar-refractivity contribution in [2.24, 2.45) is 0 Å². The number of esters is 1. The lowest BCUT2D eigenvalue weighted by atomic mass is 10.1.